The van der Waals surface area contributed by atoms with E-state index in [9.17, 15) is 14.4 Å². The van der Waals surface area contributed by atoms with E-state index in [0.29, 0.717) is 19.3 Å². The minimum Gasteiger partial charge on any atom is -0.461 e. The van der Waals surface area contributed by atoms with Crippen LogP contribution in [0.5, 0.6) is 0 Å². The Labute approximate surface area is 147 Å². The molecule has 0 aromatic carbocycles. The van der Waals surface area contributed by atoms with Gasteiger partial charge in [-0.25, -0.2) is 0 Å². The zero-order valence-corrected chi connectivity index (χ0v) is 15.8. The molecule has 0 aromatic rings. The maximum Gasteiger partial charge on any atom is 0.316 e. The summed E-state index contributed by atoms with van der Waals surface area (Å²) in [7, 11) is 0. The summed E-state index contributed by atoms with van der Waals surface area (Å²) in [4.78, 5) is 34.1. The lowest BCUT2D eigenvalue weighted by Crippen LogP contribution is -2.40. The fourth-order valence-corrected chi connectivity index (χ4v) is 2.51. The minimum absolute atomic E-state index is 0.0845. The molecule has 1 rings (SSSR count). The van der Waals surface area contributed by atoms with Gasteiger partial charge >= 0.3 is 17.9 Å². The third-order valence-electron chi connectivity index (χ3n) is 2.80. The second-order valence-corrected chi connectivity index (χ2v) is 6.13. The molecule has 0 spiro atoms. The van der Waals surface area contributed by atoms with Crippen molar-refractivity contribution in [2.24, 2.45) is 0 Å². The van der Waals surface area contributed by atoms with Crippen molar-refractivity contribution >= 4 is 65.7 Å². The lowest BCUT2D eigenvalue weighted by atomic mass is 9.92. The van der Waals surface area contributed by atoms with Gasteiger partial charge in [-0.05, 0) is 0 Å². The number of hydrogen-bond donors (Lipinski definition) is 0. The van der Waals surface area contributed by atoms with Gasteiger partial charge in [0.2, 0.25) is 0 Å². The molecule has 0 atom stereocenters. The first-order chi connectivity index (χ1) is 9.98. The first-order valence-corrected chi connectivity index (χ1v) is 9.61. The molecule has 0 radical (unpaired) electrons. The van der Waals surface area contributed by atoms with E-state index in [0.717, 1.165) is 0 Å². The van der Waals surface area contributed by atoms with Crippen LogP contribution in [0.1, 0.15) is 19.3 Å². The van der Waals surface area contributed by atoms with Crippen molar-refractivity contribution in [3.63, 3.8) is 0 Å². The van der Waals surface area contributed by atoms with Crippen LogP contribution in [0.4, 0.5) is 0 Å². The van der Waals surface area contributed by atoms with Gasteiger partial charge in [0, 0.05) is 19.3 Å². The van der Waals surface area contributed by atoms with E-state index in [1.54, 1.807) is 0 Å². The summed E-state index contributed by atoms with van der Waals surface area (Å²) in [5, 5.41) is 0.254. The number of carbonyl (C=O) groups excluding carboxylic acids is 3. The predicted molar refractivity (Wildman–Crippen MR) is 84.9 cm³/mol. The van der Waals surface area contributed by atoms with Crippen molar-refractivity contribution < 1.29 is 28.6 Å². The highest BCUT2D eigenvalue weighted by Crippen LogP contribution is 2.27. The Morgan fingerprint density at radius 1 is 0.667 bits per heavy atom. The van der Waals surface area contributed by atoms with E-state index in [2.05, 4.69) is 47.8 Å². The van der Waals surface area contributed by atoms with Crippen LogP contribution in [-0.2, 0) is 28.6 Å². The van der Waals surface area contributed by atoms with Gasteiger partial charge in [-0.15, -0.1) is 0 Å². The van der Waals surface area contributed by atoms with E-state index < -0.39 is 36.2 Å². The van der Waals surface area contributed by atoms with E-state index in [1.165, 1.54) is 0 Å². The highest BCUT2D eigenvalue weighted by Gasteiger charge is 2.35. The number of ether oxygens (including phenoxy) is 3. The molecule has 0 amide bonds. The Kier molecular flexibility index (Phi) is 8.80. The summed E-state index contributed by atoms with van der Waals surface area (Å²) in [5.74, 6) is -1.21. The quantitative estimate of drug-likeness (QED) is 0.320. The van der Waals surface area contributed by atoms with E-state index >= 15 is 0 Å². The fourth-order valence-electron chi connectivity index (χ4n) is 2.11. The molecule has 0 heterocycles. The SMILES string of the molecule is O=C(CBr)OC1CC(OC(=O)CBr)CC(OC(=O)CBr)C1. The predicted octanol–water partition coefficient (Wildman–Crippen LogP) is 2.09. The van der Waals surface area contributed by atoms with Gasteiger partial charge in [0.25, 0.3) is 0 Å². The minimum atomic E-state index is -0.440. The van der Waals surface area contributed by atoms with E-state index in [4.69, 9.17) is 14.2 Å². The number of alkyl halides is 3. The Hall–Kier alpha value is -0.150. The van der Waals surface area contributed by atoms with E-state index in [1.807, 2.05) is 0 Å². The lowest BCUT2D eigenvalue weighted by molar-refractivity contribution is -0.165. The first kappa shape index (κ1) is 18.9. The molecule has 1 aliphatic rings. The Morgan fingerprint density at radius 2 is 0.905 bits per heavy atom. The van der Waals surface area contributed by atoms with Gasteiger partial charge in [-0.2, -0.15) is 0 Å². The maximum absolute atomic E-state index is 11.4. The summed E-state index contributed by atoms with van der Waals surface area (Å²) in [5.41, 5.74) is 0. The lowest BCUT2D eigenvalue weighted by Gasteiger charge is -2.33. The molecule has 1 fully saturated rings. The number of halogens is 3. The molecule has 0 bridgehead atoms. The van der Waals surface area contributed by atoms with Crippen molar-refractivity contribution in [2.45, 2.75) is 37.6 Å². The van der Waals surface area contributed by atoms with Crippen molar-refractivity contribution in [3.8, 4) is 0 Å². The maximum atomic E-state index is 11.4. The van der Waals surface area contributed by atoms with Gasteiger partial charge < -0.3 is 14.2 Å². The number of carbonyl (C=O) groups is 3. The van der Waals surface area contributed by atoms with Crippen molar-refractivity contribution in [2.75, 3.05) is 16.0 Å². The summed E-state index contributed by atoms with van der Waals surface area (Å²) < 4.78 is 15.7. The Balaban J connectivity index is 2.65. The Morgan fingerprint density at radius 3 is 1.10 bits per heavy atom. The van der Waals surface area contributed by atoms with Crippen LogP contribution in [0.15, 0.2) is 0 Å². The van der Waals surface area contributed by atoms with Gasteiger partial charge in [0.15, 0.2) is 0 Å². The van der Waals surface area contributed by atoms with Crippen LogP contribution in [0.25, 0.3) is 0 Å². The van der Waals surface area contributed by atoms with Crippen molar-refractivity contribution in [1.82, 2.24) is 0 Å². The van der Waals surface area contributed by atoms with Crippen LogP contribution in [-0.4, -0.2) is 52.2 Å². The van der Waals surface area contributed by atoms with Crippen molar-refractivity contribution in [1.29, 1.82) is 0 Å². The number of hydrogen-bond acceptors (Lipinski definition) is 6. The average molecular weight is 495 g/mol. The second-order valence-electron chi connectivity index (χ2n) is 4.44. The zero-order chi connectivity index (χ0) is 15.8. The number of rotatable bonds is 6. The van der Waals surface area contributed by atoms with Crippen LogP contribution < -0.4 is 0 Å². The standard InChI is InChI=1S/C12H15Br3O6/c13-4-10(16)19-7-1-8(20-11(17)5-14)3-9(2-7)21-12(18)6-15/h7-9H,1-6H2. The van der Waals surface area contributed by atoms with Gasteiger partial charge in [-0.3, -0.25) is 14.4 Å². The summed E-state index contributed by atoms with van der Waals surface area (Å²) in [6, 6.07) is 0. The molecule has 120 valence electrons. The summed E-state index contributed by atoms with van der Waals surface area (Å²) >= 11 is 9.05. The topological polar surface area (TPSA) is 78.9 Å². The summed E-state index contributed by atoms with van der Waals surface area (Å²) in [6.45, 7) is 0. The zero-order valence-electron chi connectivity index (χ0n) is 11.1. The molecule has 6 nitrogen and oxygen atoms in total. The second kappa shape index (κ2) is 9.78. The molecule has 0 aliphatic heterocycles. The van der Waals surface area contributed by atoms with Gasteiger partial charge in [0.05, 0.1) is 0 Å². The molecule has 0 saturated heterocycles. The van der Waals surface area contributed by atoms with E-state index in [-0.39, 0.29) is 16.0 Å². The third-order valence-corrected chi connectivity index (χ3v) is 4.17. The number of esters is 3. The molecule has 1 saturated carbocycles. The Bertz CT molecular complexity index is 326. The highest BCUT2D eigenvalue weighted by molar-refractivity contribution is 9.09. The monoisotopic (exact) mass is 492 g/mol. The largest absolute Gasteiger partial charge is 0.461 e. The van der Waals surface area contributed by atoms with Gasteiger partial charge in [0.1, 0.15) is 34.3 Å². The fraction of sp³-hybridized carbons (Fsp3) is 0.750. The highest BCUT2D eigenvalue weighted by atomic mass is 79.9. The molecule has 21 heavy (non-hydrogen) atoms. The van der Waals surface area contributed by atoms with Crippen LogP contribution in [0.3, 0.4) is 0 Å². The molecule has 0 aromatic heterocycles. The molecular weight excluding hydrogens is 480 g/mol. The van der Waals surface area contributed by atoms with Gasteiger partial charge in [-0.1, -0.05) is 47.8 Å². The molecule has 0 unspecified atom stereocenters. The molecular formula is C12H15Br3O6. The van der Waals surface area contributed by atoms with Crippen LogP contribution >= 0.6 is 47.8 Å². The molecule has 1 aliphatic carbocycles. The van der Waals surface area contributed by atoms with Crippen molar-refractivity contribution in [3.05, 3.63) is 0 Å². The summed E-state index contributed by atoms with van der Waals surface area (Å²) in [6.07, 6.45) is -0.111. The molecule has 9 heteroatoms. The normalized spacial score (nSPS) is 25.0. The van der Waals surface area contributed by atoms with Crippen LogP contribution in [0.2, 0.25) is 0 Å². The smallest absolute Gasteiger partial charge is 0.316 e. The van der Waals surface area contributed by atoms with Crippen LogP contribution in [0, 0.1) is 0 Å². The average Bonchev–Trinajstić information content (AvgIpc) is 2.46. The molecule has 0 N–H and O–H groups in total. The first-order valence-electron chi connectivity index (χ1n) is 6.24. The third kappa shape index (κ3) is 7.10.